The average molecular weight is 131 g/mol. The van der Waals surface area contributed by atoms with Crippen LogP contribution < -0.4 is 5.73 Å². The minimum Gasteiger partial charge on any atom is -0.395 e. The molecule has 9 heavy (non-hydrogen) atoms. The van der Waals surface area contributed by atoms with Crippen LogP contribution in [0.4, 0.5) is 0 Å². The van der Waals surface area contributed by atoms with Crippen molar-refractivity contribution in [2.45, 2.75) is 26.8 Å². The van der Waals surface area contributed by atoms with E-state index in [1.165, 1.54) is 0 Å². The van der Waals surface area contributed by atoms with E-state index in [9.17, 15) is 0 Å². The van der Waals surface area contributed by atoms with Gasteiger partial charge in [-0.2, -0.15) is 0 Å². The second-order valence-corrected chi connectivity index (χ2v) is 2.95. The Morgan fingerprint density at radius 1 is 1.33 bits per heavy atom. The number of hydrogen-bond acceptors (Lipinski definition) is 2. The van der Waals surface area contributed by atoms with Gasteiger partial charge < -0.3 is 10.8 Å². The summed E-state index contributed by atoms with van der Waals surface area (Å²) in [6.07, 6.45) is 0. The SMILES string of the molecule is CC(C)C(C)C(N)CO. The van der Waals surface area contributed by atoms with E-state index in [0.717, 1.165) is 0 Å². The first-order valence-corrected chi connectivity index (χ1v) is 3.46. The third-order valence-corrected chi connectivity index (χ3v) is 1.94. The lowest BCUT2D eigenvalue weighted by Gasteiger charge is -2.20. The Bertz CT molecular complexity index is 73.3. The molecule has 0 saturated carbocycles. The van der Waals surface area contributed by atoms with E-state index in [1.807, 2.05) is 0 Å². The molecule has 0 fully saturated rings. The molecule has 0 spiro atoms. The van der Waals surface area contributed by atoms with Crippen molar-refractivity contribution in [3.63, 3.8) is 0 Å². The lowest BCUT2D eigenvalue weighted by Crippen LogP contribution is -2.34. The Morgan fingerprint density at radius 2 is 1.78 bits per heavy atom. The fourth-order valence-electron chi connectivity index (χ4n) is 0.661. The number of aliphatic hydroxyl groups is 1. The molecular weight excluding hydrogens is 114 g/mol. The van der Waals surface area contributed by atoms with Crippen molar-refractivity contribution in [2.75, 3.05) is 6.61 Å². The van der Waals surface area contributed by atoms with Crippen LogP contribution in [-0.4, -0.2) is 17.8 Å². The lowest BCUT2D eigenvalue weighted by molar-refractivity contribution is 0.209. The van der Waals surface area contributed by atoms with Gasteiger partial charge in [-0.1, -0.05) is 20.8 Å². The van der Waals surface area contributed by atoms with E-state index in [4.69, 9.17) is 10.8 Å². The maximum atomic E-state index is 8.63. The summed E-state index contributed by atoms with van der Waals surface area (Å²) < 4.78 is 0. The van der Waals surface area contributed by atoms with Crippen molar-refractivity contribution >= 4 is 0 Å². The second kappa shape index (κ2) is 3.85. The molecule has 0 aromatic heterocycles. The summed E-state index contributed by atoms with van der Waals surface area (Å²) in [5, 5.41) is 8.63. The van der Waals surface area contributed by atoms with Gasteiger partial charge in [0, 0.05) is 6.04 Å². The van der Waals surface area contributed by atoms with Crippen LogP contribution >= 0.6 is 0 Å². The fraction of sp³-hybridized carbons (Fsp3) is 1.00. The lowest BCUT2D eigenvalue weighted by atomic mass is 9.91. The smallest absolute Gasteiger partial charge is 0.0585 e. The topological polar surface area (TPSA) is 46.2 Å². The molecule has 0 saturated heterocycles. The van der Waals surface area contributed by atoms with Gasteiger partial charge in [0.2, 0.25) is 0 Å². The van der Waals surface area contributed by atoms with E-state index in [-0.39, 0.29) is 12.6 Å². The van der Waals surface area contributed by atoms with Gasteiger partial charge in [0.15, 0.2) is 0 Å². The molecule has 0 radical (unpaired) electrons. The minimum absolute atomic E-state index is 0.0509. The van der Waals surface area contributed by atoms with Crippen molar-refractivity contribution in [1.29, 1.82) is 0 Å². The van der Waals surface area contributed by atoms with Crippen LogP contribution in [0.2, 0.25) is 0 Å². The van der Waals surface area contributed by atoms with Crippen LogP contribution in [0.1, 0.15) is 20.8 Å². The predicted molar refractivity (Wildman–Crippen MR) is 39.1 cm³/mol. The number of aliphatic hydroxyl groups excluding tert-OH is 1. The summed E-state index contributed by atoms with van der Waals surface area (Å²) >= 11 is 0. The minimum atomic E-state index is -0.0509. The van der Waals surface area contributed by atoms with Gasteiger partial charge in [-0.3, -0.25) is 0 Å². The maximum absolute atomic E-state index is 8.63. The Kier molecular flexibility index (Phi) is 3.82. The van der Waals surface area contributed by atoms with Crippen LogP contribution in [0.25, 0.3) is 0 Å². The molecule has 0 bridgehead atoms. The molecule has 0 heterocycles. The zero-order chi connectivity index (χ0) is 7.44. The van der Waals surface area contributed by atoms with Gasteiger partial charge in [-0.15, -0.1) is 0 Å². The highest BCUT2D eigenvalue weighted by Gasteiger charge is 2.14. The van der Waals surface area contributed by atoms with Crippen LogP contribution in [0.5, 0.6) is 0 Å². The first-order valence-electron chi connectivity index (χ1n) is 3.46. The van der Waals surface area contributed by atoms with Crippen LogP contribution in [0.15, 0.2) is 0 Å². The predicted octanol–water partition coefficient (Wildman–Crippen LogP) is 0.598. The summed E-state index contributed by atoms with van der Waals surface area (Å²) in [5.41, 5.74) is 5.57. The van der Waals surface area contributed by atoms with Crippen molar-refractivity contribution in [1.82, 2.24) is 0 Å². The first-order chi connectivity index (χ1) is 4.09. The zero-order valence-corrected chi connectivity index (χ0v) is 6.46. The van der Waals surface area contributed by atoms with Gasteiger partial charge in [-0.05, 0) is 11.8 Å². The number of rotatable bonds is 3. The Morgan fingerprint density at radius 3 is 1.89 bits per heavy atom. The van der Waals surface area contributed by atoms with Crippen LogP contribution in [0.3, 0.4) is 0 Å². The molecule has 2 heteroatoms. The van der Waals surface area contributed by atoms with Gasteiger partial charge in [-0.25, -0.2) is 0 Å². The molecular formula is C7H17NO. The van der Waals surface area contributed by atoms with E-state index >= 15 is 0 Å². The van der Waals surface area contributed by atoms with Crippen LogP contribution in [-0.2, 0) is 0 Å². The standard InChI is InChI=1S/C7H17NO/c1-5(2)6(3)7(8)4-9/h5-7,9H,4,8H2,1-3H3. The zero-order valence-electron chi connectivity index (χ0n) is 6.46. The van der Waals surface area contributed by atoms with Crippen molar-refractivity contribution in [3.05, 3.63) is 0 Å². The van der Waals surface area contributed by atoms with Crippen molar-refractivity contribution in [3.8, 4) is 0 Å². The number of hydrogen-bond donors (Lipinski definition) is 2. The maximum Gasteiger partial charge on any atom is 0.0585 e. The molecule has 2 nitrogen and oxygen atoms in total. The van der Waals surface area contributed by atoms with E-state index in [0.29, 0.717) is 11.8 Å². The Hall–Kier alpha value is -0.0800. The summed E-state index contributed by atoms with van der Waals surface area (Å²) in [5.74, 6) is 0.974. The fourth-order valence-corrected chi connectivity index (χ4v) is 0.661. The summed E-state index contributed by atoms with van der Waals surface area (Å²) in [6, 6.07) is -0.0509. The molecule has 0 rings (SSSR count). The van der Waals surface area contributed by atoms with Gasteiger partial charge in [0.25, 0.3) is 0 Å². The molecule has 0 amide bonds. The second-order valence-electron chi connectivity index (χ2n) is 2.95. The molecule has 0 aliphatic carbocycles. The largest absolute Gasteiger partial charge is 0.395 e. The van der Waals surface area contributed by atoms with Crippen molar-refractivity contribution < 1.29 is 5.11 Å². The molecule has 0 aromatic rings. The van der Waals surface area contributed by atoms with Gasteiger partial charge in [0.1, 0.15) is 0 Å². The molecule has 0 aliphatic heterocycles. The summed E-state index contributed by atoms with van der Waals surface area (Å²) in [6.45, 7) is 6.38. The molecule has 2 unspecified atom stereocenters. The average Bonchev–Trinajstić information content (AvgIpc) is 1.84. The molecule has 0 aliphatic rings. The van der Waals surface area contributed by atoms with Gasteiger partial charge in [0.05, 0.1) is 6.61 Å². The number of nitrogens with two attached hydrogens (primary N) is 1. The summed E-state index contributed by atoms with van der Waals surface area (Å²) in [4.78, 5) is 0. The van der Waals surface area contributed by atoms with E-state index in [1.54, 1.807) is 0 Å². The van der Waals surface area contributed by atoms with E-state index < -0.39 is 0 Å². The highest BCUT2D eigenvalue weighted by molar-refractivity contribution is 4.69. The third-order valence-electron chi connectivity index (χ3n) is 1.94. The molecule has 2 atom stereocenters. The molecule has 3 N–H and O–H groups in total. The highest BCUT2D eigenvalue weighted by Crippen LogP contribution is 2.11. The normalized spacial score (nSPS) is 18.0. The third kappa shape index (κ3) is 2.82. The van der Waals surface area contributed by atoms with E-state index in [2.05, 4.69) is 20.8 Å². The first kappa shape index (κ1) is 8.92. The Labute approximate surface area is 57.1 Å². The van der Waals surface area contributed by atoms with Crippen LogP contribution in [0, 0.1) is 11.8 Å². The summed E-state index contributed by atoms with van der Waals surface area (Å²) in [7, 11) is 0. The van der Waals surface area contributed by atoms with Crippen molar-refractivity contribution in [2.24, 2.45) is 17.6 Å². The molecule has 56 valence electrons. The van der Waals surface area contributed by atoms with Gasteiger partial charge >= 0.3 is 0 Å². The monoisotopic (exact) mass is 131 g/mol. The molecule has 0 aromatic carbocycles. The quantitative estimate of drug-likeness (QED) is 0.589. The Balaban J connectivity index is 3.58. The highest BCUT2D eigenvalue weighted by atomic mass is 16.3.